The van der Waals surface area contributed by atoms with Crippen LogP contribution in [0.4, 0.5) is 5.69 Å². The molecule has 1 rings (SSSR count). The minimum absolute atomic E-state index is 0.804. The number of carboxylic acids is 1. The Hall–Kier alpha value is -1.77. The number of aliphatic carboxylic acids is 1. The molecule has 0 aromatic heterocycles. The van der Waals surface area contributed by atoms with E-state index in [1.54, 1.807) is 13.8 Å². The van der Waals surface area contributed by atoms with E-state index in [1.807, 2.05) is 45.2 Å². The summed E-state index contributed by atoms with van der Waals surface area (Å²) in [5, 5.41) is 9.26. The summed E-state index contributed by atoms with van der Waals surface area (Å²) in [5.41, 5.74) is 2.20. The maximum Gasteiger partial charge on any atom is 0.313 e. The molecule has 3 nitrogen and oxygen atoms in total. The molecule has 0 aliphatic heterocycles. The summed E-state index contributed by atoms with van der Waals surface area (Å²) in [6.07, 6.45) is 4.11. The minimum atomic E-state index is -0.856. The Balaban J connectivity index is 3.07. The van der Waals surface area contributed by atoms with Crippen molar-refractivity contribution in [2.75, 3.05) is 18.5 Å². The minimum Gasteiger partial charge on any atom is -0.481 e. The van der Waals surface area contributed by atoms with Crippen molar-refractivity contribution >= 4 is 11.7 Å². The smallest absolute Gasteiger partial charge is 0.313 e. The van der Waals surface area contributed by atoms with E-state index in [0.717, 1.165) is 23.4 Å². The molecule has 104 valence electrons. The molecule has 0 aliphatic carbocycles. The highest BCUT2D eigenvalue weighted by atomic mass is 16.4. The molecule has 0 heterocycles. The second-order valence-electron chi connectivity index (χ2n) is 5.38. The second kappa shape index (κ2) is 5.91. The molecule has 0 aliphatic rings. The van der Waals surface area contributed by atoms with Crippen molar-refractivity contribution in [3.8, 4) is 0 Å². The van der Waals surface area contributed by atoms with Gasteiger partial charge in [-0.25, -0.2) is 0 Å². The predicted molar refractivity (Wildman–Crippen MR) is 79.9 cm³/mol. The van der Waals surface area contributed by atoms with Crippen molar-refractivity contribution in [3.05, 3.63) is 41.5 Å². The first-order valence-corrected chi connectivity index (χ1v) is 6.47. The number of carboxylic acid groups (broad SMARTS) is 1. The van der Waals surface area contributed by atoms with Gasteiger partial charge in [0.1, 0.15) is 0 Å². The number of allylic oxidation sites excluding steroid dienone is 1. The lowest BCUT2D eigenvalue weighted by molar-refractivity contribution is -0.142. The van der Waals surface area contributed by atoms with Gasteiger partial charge < -0.3 is 10.0 Å². The number of rotatable bonds is 5. The van der Waals surface area contributed by atoms with E-state index in [1.165, 1.54) is 0 Å². The quantitative estimate of drug-likeness (QED) is 0.826. The fourth-order valence-electron chi connectivity index (χ4n) is 1.96. The van der Waals surface area contributed by atoms with Crippen LogP contribution in [0.1, 0.15) is 31.9 Å². The lowest BCUT2D eigenvalue weighted by atomic mass is 9.84. The zero-order valence-electron chi connectivity index (χ0n) is 12.4. The number of anilines is 1. The van der Waals surface area contributed by atoms with Crippen molar-refractivity contribution in [1.82, 2.24) is 0 Å². The number of likely N-dealkylation sites (N-methyl/N-ethyl adjacent to an activating group) is 1. The van der Waals surface area contributed by atoms with Crippen molar-refractivity contribution in [2.45, 2.75) is 33.1 Å². The molecule has 1 aromatic rings. The molecule has 0 bridgehead atoms. The van der Waals surface area contributed by atoms with Gasteiger partial charge in [-0.2, -0.15) is 0 Å². The van der Waals surface area contributed by atoms with Gasteiger partial charge in [0.2, 0.25) is 0 Å². The van der Waals surface area contributed by atoms with Gasteiger partial charge in [0.15, 0.2) is 0 Å². The van der Waals surface area contributed by atoms with Crippen LogP contribution < -0.4 is 4.90 Å². The molecule has 0 saturated carbocycles. The summed E-state index contributed by atoms with van der Waals surface area (Å²) >= 11 is 0. The number of aryl methyl sites for hydroxylation is 1. The number of hydrogen-bond donors (Lipinski definition) is 1. The normalized spacial score (nSPS) is 11.8. The first kappa shape index (κ1) is 15.3. The summed E-state index contributed by atoms with van der Waals surface area (Å²) in [4.78, 5) is 13.4. The molecule has 1 N–H and O–H groups in total. The Morgan fingerprint density at radius 3 is 2.53 bits per heavy atom. The average molecular weight is 261 g/mol. The van der Waals surface area contributed by atoms with Crippen LogP contribution in [0.2, 0.25) is 0 Å². The summed E-state index contributed by atoms with van der Waals surface area (Å²) in [5.74, 6) is -0.804. The fourth-order valence-corrected chi connectivity index (χ4v) is 1.96. The van der Waals surface area contributed by atoms with E-state index >= 15 is 0 Å². The van der Waals surface area contributed by atoms with E-state index in [0.29, 0.717) is 0 Å². The number of benzene rings is 1. The summed E-state index contributed by atoms with van der Waals surface area (Å²) in [6, 6.07) is 5.87. The molecule has 3 heteroatoms. The third kappa shape index (κ3) is 3.37. The van der Waals surface area contributed by atoms with E-state index < -0.39 is 11.4 Å². The molecular formula is C16H23NO2. The van der Waals surface area contributed by atoms with Crippen LogP contribution in [0.25, 0.3) is 0 Å². The van der Waals surface area contributed by atoms with E-state index in [2.05, 4.69) is 11.0 Å². The predicted octanol–water partition coefficient (Wildman–Crippen LogP) is 3.37. The number of hydrogen-bond acceptors (Lipinski definition) is 2. The molecular weight excluding hydrogens is 238 g/mol. The first-order valence-electron chi connectivity index (χ1n) is 6.47. The Morgan fingerprint density at radius 2 is 2.05 bits per heavy atom. The lowest BCUT2D eigenvalue weighted by Gasteiger charge is -2.24. The van der Waals surface area contributed by atoms with E-state index in [-0.39, 0.29) is 0 Å². The molecule has 0 amide bonds. The molecule has 19 heavy (non-hydrogen) atoms. The summed E-state index contributed by atoms with van der Waals surface area (Å²) in [6.45, 7) is 8.32. The van der Waals surface area contributed by atoms with Crippen LogP contribution in [0.15, 0.2) is 30.4 Å². The van der Waals surface area contributed by atoms with Gasteiger partial charge in [-0.1, -0.05) is 24.3 Å². The van der Waals surface area contributed by atoms with Crippen LogP contribution in [0, 0.1) is 6.92 Å². The molecule has 0 atom stereocenters. The van der Waals surface area contributed by atoms with Crippen LogP contribution in [-0.4, -0.2) is 24.7 Å². The van der Waals surface area contributed by atoms with Gasteiger partial charge >= 0.3 is 5.97 Å². The number of nitrogens with zero attached hydrogens (tertiary/aromatic N) is 1. The van der Waals surface area contributed by atoms with Gasteiger partial charge in [0, 0.05) is 19.3 Å². The van der Waals surface area contributed by atoms with Gasteiger partial charge in [-0.15, -0.1) is 0 Å². The Kier molecular flexibility index (Phi) is 4.76. The highest BCUT2D eigenvalue weighted by Gasteiger charge is 2.29. The van der Waals surface area contributed by atoms with Gasteiger partial charge in [0.25, 0.3) is 0 Å². The summed E-state index contributed by atoms with van der Waals surface area (Å²) < 4.78 is 0. The van der Waals surface area contributed by atoms with Crippen molar-refractivity contribution in [2.24, 2.45) is 0 Å². The van der Waals surface area contributed by atoms with Crippen LogP contribution in [0.5, 0.6) is 0 Å². The third-order valence-electron chi connectivity index (χ3n) is 3.48. The maximum atomic E-state index is 11.3. The Morgan fingerprint density at radius 1 is 1.42 bits per heavy atom. The molecule has 0 fully saturated rings. The molecule has 0 radical (unpaired) electrons. The van der Waals surface area contributed by atoms with Crippen molar-refractivity contribution in [3.63, 3.8) is 0 Å². The molecule has 0 unspecified atom stereocenters. The third-order valence-corrected chi connectivity index (χ3v) is 3.48. The van der Waals surface area contributed by atoms with Gasteiger partial charge in [-0.05, 0) is 44.9 Å². The molecule has 0 saturated heterocycles. The van der Waals surface area contributed by atoms with Crippen molar-refractivity contribution < 1.29 is 9.90 Å². The highest BCUT2D eigenvalue weighted by molar-refractivity contribution is 5.80. The Labute approximate surface area is 115 Å². The number of carbonyl (C=O) groups is 1. The summed E-state index contributed by atoms with van der Waals surface area (Å²) in [7, 11) is 2.03. The largest absolute Gasteiger partial charge is 0.481 e. The molecule has 1 aromatic carbocycles. The van der Waals surface area contributed by atoms with Crippen LogP contribution in [0.3, 0.4) is 0 Å². The zero-order chi connectivity index (χ0) is 14.6. The molecule has 0 spiro atoms. The SMILES string of the molecule is C/C=C\CN(C)c1ccc(C(C)(C)C(=O)O)cc1C. The topological polar surface area (TPSA) is 40.5 Å². The van der Waals surface area contributed by atoms with Crippen LogP contribution >= 0.6 is 0 Å². The van der Waals surface area contributed by atoms with E-state index in [4.69, 9.17) is 0 Å². The Bertz CT molecular complexity index is 490. The first-order chi connectivity index (χ1) is 8.80. The maximum absolute atomic E-state index is 11.3. The van der Waals surface area contributed by atoms with E-state index in [9.17, 15) is 9.90 Å². The zero-order valence-corrected chi connectivity index (χ0v) is 12.4. The highest BCUT2D eigenvalue weighted by Crippen LogP contribution is 2.28. The standard InChI is InChI=1S/C16H23NO2/c1-6-7-10-17(5)14-9-8-13(11-12(14)2)16(3,4)15(18)19/h6-9,11H,10H2,1-5H3,(H,18,19)/b7-6-. The average Bonchev–Trinajstić information content (AvgIpc) is 2.35. The van der Waals surface area contributed by atoms with Crippen molar-refractivity contribution in [1.29, 1.82) is 0 Å². The monoisotopic (exact) mass is 261 g/mol. The lowest BCUT2D eigenvalue weighted by Crippen LogP contribution is -2.28. The second-order valence-corrected chi connectivity index (χ2v) is 5.38. The van der Waals surface area contributed by atoms with Gasteiger partial charge in [-0.3, -0.25) is 4.79 Å². The van der Waals surface area contributed by atoms with Crippen LogP contribution in [-0.2, 0) is 10.2 Å². The van der Waals surface area contributed by atoms with Gasteiger partial charge in [0.05, 0.1) is 5.41 Å². The fraction of sp³-hybridized carbons (Fsp3) is 0.438.